The number of hydrogen-bond acceptors (Lipinski definition) is 3. The van der Waals surface area contributed by atoms with Crippen LogP contribution >= 0.6 is 47.8 Å². The Labute approximate surface area is 151 Å². The highest BCUT2D eigenvalue weighted by molar-refractivity contribution is 9.11. The lowest BCUT2D eigenvalue weighted by molar-refractivity contribution is 0.0990. The Hall–Kier alpha value is -1.24. The lowest BCUT2D eigenvalue weighted by atomic mass is 10.1. The standard InChI is InChI=1S/C16H7Br3O3/c17-8-1-2-9-10(6-8)15(21)11(14(9)20)3-7-4-12(18)16(22)13(19)5-7/h1-6,22H/b11-3+. The first-order valence-electron chi connectivity index (χ1n) is 6.17. The van der Waals surface area contributed by atoms with Crippen molar-refractivity contribution in [2.45, 2.75) is 0 Å². The lowest BCUT2D eigenvalue weighted by Crippen LogP contribution is -2.00. The van der Waals surface area contributed by atoms with Crippen LogP contribution < -0.4 is 0 Å². The summed E-state index contributed by atoms with van der Waals surface area (Å²) in [5, 5.41) is 9.71. The van der Waals surface area contributed by atoms with Crippen molar-refractivity contribution < 1.29 is 14.7 Å². The molecule has 22 heavy (non-hydrogen) atoms. The zero-order chi connectivity index (χ0) is 16.0. The third-order valence-corrected chi connectivity index (χ3v) is 5.01. The van der Waals surface area contributed by atoms with E-state index in [4.69, 9.17) is 0 Å². The summed E-state index contributed by atoms with van der Waals surface area (Å²) in [6.45, 7) is 0. The first-order chi connectivity index (χ1) is 10.4. The highest BCUT2D eigenvalue weighted by atomic mass is 79.9. The van der Waals surface area contributed by atoms with Crippen LogP contribution in [0, 0.1) is 0 Å². The van der Waals surface area contributed by atoms with Crippen molar-refractivity contribution in [3.8, 4) is 5.75 Å². The number of phenols is 1. The summed E-state index contributed by atoms with van der Waals surface area (Å²) in [5.41, 5.74) is 1.58. The number of hydrogen-bond donors (Lipinski definition) is 1. The normalized spacial score (nSPS) is 15.5. The number of phenolic OH excluding ortho intramolecular Hbond substituents is 1. The molecule has 0 bridgehead atoms. The molecule has 3 rings (SSSR count). The van der Waals surface area contributed by atoms with Gasteiger partial charge in [-0.1, -0.05) is 15.9 Å². The van der Waals surface area contributed by atoms with Gasteiger partial charge in [-0.05, 0) is 73.8 Å². The molecule has 1 N–H and O–H groups in total. The maximum Gasteiger partial charge on any atom is 0.197 e. The van der Waals surface area contributed by atoms with Crippen molar-refractivity contribution in [1.29, 1.82) is 0 Å². The van der Waals surface area contributed by atoms with Gasteiger partial charge in [-0.2, -0.15) is 0 Å². The molecule has 6 heteroatoms. The predicted octanol–water partition coefficient (Wildman–Crippen LogP) is 5.14. The van der Waals surface area contributed by atoms with Crippen molar-refractivity contribution in [3.63, 3.8) is 0 Å². The first-order valence-corrected chi connectivity index (χ1v) is 8.55. The Morgan fingerprint density at radius 1 is 0.864 bits per heavy atom. The molecule has 1 aliphatic carbocycles. The molecule has 0 atom stereocenters. The van der Waals surface area contributed by atoms with Crippen LogP contribution in [0.25, 0.3) is 6.08 Å². The largest absolute Gasteiger partial charge is 0.506 e. The average molecular weight is 487 g/mol. The Bertz CT molecular complexity index is 846. The zero-order valence-electron chi connectivity index (χ0n) is 10.9. The molecular formula is C16H7Br3O3. The molecule has 0 aromatic heterocycles. The third kappa shape index (κ3) is 2.59. The Morgan fingerprint density at radius 3 is 2.09 bits per heavy atom. The molecule has 0 fully saturated rings. The molecule has 0 aliphatic heterocycles. The molecular weight excluding hydrogens is 480 g/mol. The van der Waals surface area contributed by atoms with Crippen molar-refractivity contribution >= 4 is 65.4 Å². The summed E-state index contributed by atoms with van der Waals surface area (Å²) < 4.78 is 1.71. The van der Waals surface area contributed by atoms with E-state index in [0.29, 0.717) is 25.6 Å². The minimum absolute atomic E-state index is 0.0680. The van der Waals surface area contributed by atoms with Crippen molar-refractivity contribution in [2.75, 3.05) is 0 Å². The summed E-state index contributed by atoms with van der Waals surface area (Å²) >= 11 is 9.76. The van der Waals surface area contributed by atoms with E-state index in [-0.39, 0.29) is 22.9 Å². The van der Waals surface area contributed by atoms with Gasteiger partial charge in [0, 0.05) is 15.6 Å². The van der Waals surface area contributed by atoms with E-state index in [2.05, 4.69) is 47.8 Å². The molecule has 0 heterocycles. The monoisotopic (exact) mass is 484 g/mol. The van der Waals surface area contributed by atoms with Gasteiger partial charge in [0.2, 0.25) is 0 Å². The quantitative estimate of drug-likeness (QED) is 0.448. The molecule has 1 aliphatic rings. The van der Waals surface area contributed by atoms with Crippen LogP contribution in [-0.2, 0) is 0 Å². The Kier molecular flexibility index (Phi) is 4.09. The first kappa shape index (κ1) is 15.6. The number of aromatic hydroxyl groups is 1. The minimum atomic E-state index is -0.290. The summed E-state index contributed by atoms with van der Waals surface area (Å²) in [6.07, 6.45) is 1.54. The van der Waals surface area contributed by atoms with Gasteiger partial charge in [-0.15, -0.1) is 0 Å². The fraction of sp³-hybridized carbons (Fsp3) is 0. The number of halogens is 3. The minimum Gasteiger partial charge on any atom is -0.506 e. The number of ketones is 2. The molecule has 2 aromatic carbocycles. The van der Waals surface area contributed by atoms with Gasteiger partial charge >= 0.3 is 0 Å². The van der Waals surface area contributed by atoms with Crippen LogP contribution in [-0.4, -0.2) is 16.7 Å². The smallest absolute Gasteiger partial charge is 0.197 e. The Balaban J connectivity index is 2.11. The van der Waals surface area contributed by atoms with Crippen molar-refractivity contribution in [2.24, 2.45) is 0 Å². The molecule has 0 radical (unpaired) electrons. The molecule has 0 amide bonds. The van der Waals surface area contributed by atoms with E-state index in [1.165, 1.54) is 6.08 Å². The third-order valence-electron chi connectivity index (χ3n) is 3.31. The number of benzene rings is 2. The van der Waals surface area contributed by atoms with Crippen LogP contribution in [0.1, 0.15) is 26.3 Å². The molecule has 0 unspecified atom stereocenters. The van der Waals surface area contributed by atoms with Crippen LogP contribution in [0.2, 0.25) is 0 Å². The summed E-state index contributed by atoms with van der Waals surface area (Å²) in [6, 6.07) is 8.32. The lowest BCUT2D eigenvalue weighted by Gasteiger charge is -2.03. The highest BCUT2D eigenvalue weighted by Crippen LogP contribution is 2.35. The highest BCUT2D eigenvalue weighted by Gasteiger charge is 2.33. The zero-order valence-corrected chi connectivity index (χ0v) is 15.6. The van der Waals surface area contributed by atoms with Crippen LogP contribution in [0.4, 0.5) is 0 Å². The number of allylic oxidation sites excluding steroid dienone is 1. The molecule has 2 aromatic rings. The topological polar surface area (TPSA) is 54.4 Å². The van der Waals surface area contributed by atoms with Gasteiger partial charge in [-0.3, -0.25) is 9.59 Å². The maximum absolute atomic E-state index is 12.4. The van der Waals surface area contributed by atoms with Crippen molar-refractivity contribution in [1.82, 2.24) is 0 Å². The van der Waals surface area contributed by atoms with E-state index in [0.717, 1.165) is 4.47 Å². The second-order valence-electron chi connectivity index (χ2n) is 4.74. The van der Waals surface area contributed by atoms with Crippen LogP contribution in [0.3, 0.4) is 0 Å². The molecule has 110 valence electrons. The number of carbonyl (C=O) groups excluding carboxylic acids is 2. The van der Waals surface area contributed by atoms with Crippen molar-refractivity contribution in [3.05, 3.63) is 66.0 Å². The van der Waals surface area contributed by atoms with E-state index >= 15 is 0 Å². The fourth-order valence-electron chi connectivity index (χ4n) is 2.26. The Morgan fingerprint density at radius 2 is 1.45 bits per heavy atom. The van der Waals surface area contributed by atoms with E-state index in [1.54, 1.807) is 30.3 Å². The number of Topliss-reactive ketones (excluding diaryl/α,β-unsaturated/α-hetero) is 2. The number of rotatable bonds is 1. The van der Waals surface area contributed by atoms with Gasteiger partial charge in [0.1, 0.15) is 5.75 Å². The van der Waals surface area contributed by atoms with Crippen LogP contribution in [0.15, 0.2) is 49.3 Å². The number of carbonyl (C=O) groups is 2. The second kappa shape index (κ2) is 5.76. The molecule has 0 saturated heterocycles. The van der Waals surface area contributed by atoms with Gasteiger partial charge in [0.05, 0.1) is 14.5 Å². The van der Waals surface area contributed by atoms with Gasteiger partial charge in [-0.25, -0.2) is 0 Å². The van der Waals surface area contributed by atoms with Gasteiger partial charge < -0.3 is 5.11 Å². The number of fused-ring (bicyclic) bond motifs is 1. The van der Waals surface area contributed by atoms with E-state index in [1.807, 2.05) is 0 Å². The predicted molar refractivity (Wildman–Crippen MR) is 94.3 cm³/mol. The SMILES string of the molecule is O=C1/C(=C\c2cc(Br)c(O)c(Br)c2)C(=O)c2cc(Br)ccc21. The maximum atomic E-state index is 12.4. The summed E-state index contributed by atoms with van der Waals surface area (Å²) in [4.78, 5) is 24.8. The fourth-order valence-corrected chi connectivity index (χ4v) is 3.84. The van der Waals surface area contributed by atoms with E-state index in [9.17, 15) is 14.7 Å². The molecule has 3 nitrogen and oxygen atoms in total. The average Bonchev–Trinajstić information content (AvgIpc) is 2.69. The second-order valence-corrected chi connectivity index (χ2v) is 7.36. The van der Waals surface area contributed by atoms with Gasteiger partial charge in [0.15, 0.2) is 11.6 Å². The summed E-state index contributed by atoms with van der Waals surface area (Å²) in [5.74, 6) is -0.507. The summed E-state index contributed by atoms with van der Waals surface area (Å²) in [7, 11) is 0. The molecule has 0 saturated carbocycles. The molecule has 0 spiro atoms. The van der Waals surface area contributed by atoms with Crippen LogP contribution in [0.5, 0.6) is 5.75 Å². The van der Waals surface area contributed by atoms with Gasteiger partial charge in [0.25, 0.3) is 0 Å². The van der Waals surface area contributed by atoms with E-state index < -0.39 is 0 Å².